The second kappa shape index (κ2) is 14.0. The Labute approximate surface area is 356 Å². The van der Waals surface area contributed by atoms with Gasteiger partial charge in [0.15, 0.2) is 0 Å². The van der Waals surface area contributed by atoms with Crippen LogP contribution >= 0.6 is 0 Å². The summed E-state index contributed by atoms with van der Waals surface area (Å²) in [6, 6.07) is 73.7. The molecule has 61 heavy (non-hydrogen) atoms. The number of rotatable bonds is 6. The molecule has 9 aromatic rings. The van der Waals surface area contributed by atoms with E-state index in [2.05, 4.69) is 181 Å². The highest BCUT2D eigenvalue weighted by molar-refractivity contribution is 6.02. The van der Waals surface area contributed by atoms with Crippen LogP contribution in [0.15, 0.2) is 194 Å². The van der Waals surface area contributed by atoms with E-state index in [9.17, 15) is 10.5 Å². The average molecular weight is 779 g/mol. The number of benzene rings is 9. The molecule has 286 valence electrons. The summed E-state index contributed by atoms with van der Waals surface area (Å²) in [6.45, 7) is 4.21. The van der Waals surface area contributed by atoms with Gasteiger partial charge in [0.2, 0.25) is 0 Å². The number of aryl methyl sites for hydroxylation is 2. The summed E-state index contributed by atoms with van der Waals surface area (Å²) in [6.07, 6.45) is 0. The Morgan fingerprint density at radius 3 is 1.41 bits per heavy atom. The van der Waals surface area contributed by atoms with Gasteiger partial charge in [-0.1, -0.05) is 109 Å². The van der Waals surface area contributed by atoms with Crippen LogP contribution in [0.4, 0.5) is 34.1 Å². The molecule has 2 aliphatic rings. The molecule has 0 atom stereocenters. The Kier molecular flexibility index (Phi) is 8.24. The zero-order chi connectivity index (χ0) is 41.2. The van der Waals surface area contributed by atoms with Gasteiger partial charge in [0, 0.05) is 22.7 Å². The van der Waals surface area contributed by atoms with Gasteiger partial charge in [-0.2, -0.15) is 10.5 Å². The third-order valence-electron chi connectivity index (χ3n) is 12.6. The molecule has 1 spiro atoms. The first-order valence-corrected chi connectivity index (χ1v) is 20.6. The highest BCUT2D eigenvalue weighted by Gasteiger charge is 2.52. The van der Waals surface area contributed by atoms with Gasteiger partial charge in [0.05, 0.1) is 27.9 Å². The fourth-order valence-corrected chi connectivity index (χ4v) is 10.0. The van der Waals surface area contributed by atoms with E-state index in [-0.39, 0.29) is 0 Å². The van der Waals surface area contributed by atoms with E-state index in [0.717, 1.165) is 56.0 Å². The summed E-state index contributed by atoms with van der Waals surface area (Å²) >= 11 is 0. The fraction of sp³-hybridized carbons (Fsp3) is 0.0526. The van der Waals surface area contributed by atoms with Crippen LogP contribution in [0.5, 0.6) is 0 Å². The smallest absolute Gasteiger partial charge is 0.101 e. The average Bonchev–Trinajstić information content (AvgIpc) is 3.75. The molecule has 0 saturated heterocycles. The van der Waals surface area contributed by atoms with Crippen LogP contribution in [-0.2, 0) is 5.41 Å². The summed E-state index contributed by atoms with van der Waals surface area (Å²) in [5.74, 6) is 0. The Hall–Kier alpha value is -8.18. The maximum absolute atomic E-state index is 10.4. The van der Waals surface area contributed by atoms with Gasteiger partial charge in [-0.25, -0.2) is 0 Å². The number of nitrogens with zero attached hydrogens (tertiary/aromatic N) is 4. The largest absolute Gasteiger partial charge is 0.309 e. The quantitative estimate of drug-likeness (QED) is 0.169. The summed E-state index contributed by atoms with van der Waals surface area (Å²) in [5.41, 5.74) is 18.3. The predicted octanol–water partition coefficient (Wildman–Crippen LogP) is 14.5. The highest BCUT2D eigenvalue weighted by Crippen LogP contribution is 2.64. The Morgan fingerprint density at radius 1 is 0.361 bits per heavy atom. The molecule has 0 aromatic heterocycles. The molecule has 0 unspecified atom stereocenters. The van der Waals surface area contributed by atoms with E-state index >= 15 is 0 Å². The molecule has 0 radical (unpaired) electrons. The molecule has 0 N–H and O–H groups in total. The van der Waals surface area contributed by atoms with Gasteiger partial charge >= 0.3 is 0 Å². The van der Waals surface area contributed by atoms with Crippen LogP contribution in [0, 0.1) is 36.5 Å². The first-order chi connectivity index (χ1) is 30.0. The van der Waals surface area contributed by atoms with Gasteiger partial charge in [-0.15, -0.1) is 0 Å². The Bertz CT molecular complexity index is 3300. The number of nitriles is 2. The van der Waals surface area contributed by atoms with Crippen molar-refractivity contribution in [2.75, 3.05) is 9.80 Å². The van der Waals surface area contributed by atoms with Crippen LogP contribution in [0.3, 0.4) is 0 Å². The van der Waals surface area contributed by atoms with Crippen LogP contribution < -0.4 is 9.80 Å². The normalized spacial score (nSPS) is 12.5. The van der Waals surface area contributed by atoms with Crippen molar-refractivity contribution >= 4 is 44.9 Å². The number of para-hydroxylation sites is 2. The first-order valence-electron chi connectivity index (χ1n) is 20.6. The topological polar surface area (TPSA) is 54.1 Å². The molecule has 0 fully saturated rings. The Balaban J connectivity index is 1.18. The molecule has 4 heteroatoms. The van der Waals surface area contributed by atoms with E-state index in [4.69, 9.17) is 0 Å². The van der Waals surface area contributed by atoms with Crippen LogP contribution in [-0.4, -0.2) is 0 Å². The van der Waals surface area contributed by atoms with Crippen molar-refractivity contribution in [3.05, 3.63) is 239 Å². The molecule has 0 bridgehead atoms. The van der Waals surface area contributed by atoms with Gasteiger partial charge in [-0.05, 0) is 165 Å². The van der Waals surface area contributed by atoms with Crippen molar-refractivity contribution < 1.29 is 0 Å². The highest BCUT2D eigenvalue weighted by atomic mass is 15.1. The standard InChI is InChI=1S/C57H38N4/c1-37-13-11-17-43(29-37)60(55-23-9-3-15-40(55)35-58)45-26-25-39-32-50-49-28-27-46(61(44-18-12-14-38(2)30-44)56-24-10-4-16-41(56)36-59)34-54(49)57(53(50)33-42(39)31-45)51-21-7-5-19-47(51)48-20-6-8-22-52(48)57/h3-34H,1-2H3. The Morgan fingerprint density at radius 2 is 0.836 bits per heavy atom. The van der Waals surface area contributed by atoms with Crippen molar-refractivity contribution in [1.29, 1.82) is 10.5 Å². The minimum Gasteiger partial charge on any atom is -0.309 e. The number of fused-ring (bicyclic) bond motifs is 11. The minimum absolute atomic E-state index is 0.609. The number of hydrogen-bond acceptors (Lipinski definition) is 4. The van der Waals surface area contributed by atoms with Crippen LogP contribution in [0.2, 0.25) is 0 Å². The lowest BCUT2D eigenvalue weighted by atomic mass is 9.70. The van der Waals surface area contributed by atoms with E-state index in [0.29, 0.717) is 11.1 Å². The maximum atomic E-state index is 10.4. The molecule has 9 aromatic carbocycles. The first kappa shape index (κ1) is 35.9. The van der Waals surface area contributed by atoms with E-state index in [1.54, 1.807) is 0 Å². The third-order valence-corrected chi connectivity index (χ3v) is 12.6. The van der Waals surface area contributed by atoms with Gasteiger partial charge in [0.25, 0.3) is 0 Å². The molecule has 11 rings (SSSR count). The molecule has 0 heterocycles. The van der Waals surface area contributed by atoms with Crippen molar-refractivity contribution in [2.24, 2.45) is 0 Å². The van der Waals surface area contributed by atoms with Gasteiger partial charge in [0.1, 0.15) is 12.1 Å². The van der Waals surface area contributed by atoms with Gasteiger partial charge in [-0.3, -0.25) is 0 Å². The molecule has 0 saturated carbocycles. The molecular formula is C57H38N4. The SMILES string of the molecule is Cc1cccc(N(c2ccc3c(c2)C2(c4ccccc4-c4ccccc42)c2cc4cc(N(c5cccc(C)c5)c5ccccc5C#N)ccc4cc2-3)c2ccccc2C#N)c1. The zero-order valence-electron chi connectivity index (χ0n) is 33.8. The van der Waals surface area contributed by atoms with Crippen molar-refractivity contribution in [3.8, 4) is 34.4 Å². The lowest BCUT2D eigenvalue weighted by Crippen LogP contribution is -2.26. The summed E-state index contributed by atoms with van der Waals surface area (Å²) in [7, 11) is 0. The molecule has 2 aliphatic carbocycles. The lowest BCUT2D eigenvalue weighted by molar-refractivity contribution is 0.795. The van der Waals surface area contributed by atoms with E-state index in [1.165, 1.54) is 44.5 Å². The predicted molar refractivity (Wildman–Crippen MR) is 249 cm³/mol. The lowest BCUT2D eigenvalue weighted by Gasteiger charge is -2.32. The molecule has 0 aliphatic heterocycles. The molecular weight excluding hydrogens is 741 g/mol. The summed E-state index contributed by atoms with van der Waals surface area (Å²) in [5, 5.41) is 22.9. The zero-order valence-corrected chi connectivity index (χ0v) is 33.8. The van der Waals surface area contributed by atoms with Crippen LogP contribution in [0.25, 0.3) is 33.0 Å². The van der Waals surface area contributed by atoms with Crippen LogP contribution in [0.1, 0.15) is 44.5 Å². The summed E-state index contributed by atoms with van der Waals surface area (Å²) in [4.78, 5) is 4.44. The van der Waals surface area contributed by atoms with E-state index < -0.39 is 5.41 Å². The third kappa shape index (κ3) is 5.44. The van der Waals surface area contributed by atoms with Gasteiger partial charge < -0.3 is 9.80 Å². The fourth-order valence-electron chi connectivity index (χ4n) is 10.0. The van der Waals surface area contributed by atoms with Crippen molar-refractivity contribution in [1.82, 2.24) is 0 Å². The summed E-state index contributed by atoms with van der Waals surface area (Å²) < 4.78 is 0. The molecule has 0 amide bonds. The molecule has 4 nitrogen and oxygen atoms in total. The number of anilines is 6. The van der Waals surface area contributed by atoms with Crippen molar-refractivity contribution in [2.45, 2.75) is 19.3 Å². The van der Waals surface area contributed by atoms with E-state index in [1.807, 2.05) is 48.5 Å². The maximum Gasteiger partial charge on any atom is 0.101 e. The second-order valence-electron chi connectivity index (χ2n) is 16.1. The second-order valence-corrected chi connectivity index (χ2v) is 16.1. The van der Waals surface area contributed by atoms with Crippen molar-refractivity contribution in [3.63, 3.8) is 0 Å². The monoisotopic (exact) mass is 778 g/mol. The number of hydrogen-bond donors (Lipinski definition) is 0. The minimum atomic E-state index is -0.616.